The molecule has 0 spiro atoms. The lowest BCUT2D eigenvalue weighted by Gasteiger charge is -2.27. The van der Waals surface area contributed by atoms with Crippen LogP contribution in [0.3, 0.4) is 0 Å². The van der Waals surface area contributed by atoms with Crippen molar-refractivity contribution in [2.24, 2.45) is 5.92 Å². The van der Waals surface area contributed by atoms with Gasteiger partial charge in [-0.15, -0.1) is 12.4 Å². The van der Waals surface area contributed by atoms with Crippen LogP contribution in [0.25, 0.3) is 0 Å². The van der Waals surface area contributed by atoms with Crippen molar-refractivity contribution in [1.82, 2.24) is 10.6 Å². The number of hydrogen-bond acceptors (Lipinski definition) is 2. The molecule has 1 fully saturated rings. The number of halogens is 3. The molecule has 1 aliphatic rings. The van der Waals surface area contributed by atoms with Crippen molar-refractivity contribution in [1.29, 1.82) is 0 Å². The molecule has 2 rings (SSSR count). The van der Waals surface area contributed by atoms with Crippen LogP contribution in [0.1, 0.15) is 38.7 Å². The maximum absolute atomic E-state index is 12.2. The molecule has 1 aromatic carbocycles. The van der Waals surface area contributed by atoms with Gasteiger partial charge in [0, 0.05) is 22.0 Å². The molecule has 6 heteroatoms. The quantitative estimate of drug-likeness (QED) is 0.776. The summed E-state index contributed by atoms with van der Waals surface area (Å²) in [5.41, 5.74) is 0.666. The largest absolute Gasteiger partial charge is 0.351 e. The van der Waals surface area contributed by atoms with Crippen molar-refractivity contribution in [3.8, 4) is 0 Å². The topological polar surface area (TPSA) is 41.1 Å². The van der Waals surface area contributed by atoms with E-state index in [4.69, 9.17) is 23.2 Å². The lowest BCUT2D eigenvalue weighted by Crippen LogP contribution is -2.45. The fraction of sp³-hybridized carbons (Fsp3) is 0.588. The second-order valence-electron chi connectivity index (χ2n) is 6.74. The Balaban J connectivity index is 0.00000264. The Labute approximate surface area is 154 Å². The fourth-order valence-electron chi connectivity index (χ4n) is 2.92. The van der Waals surface area contributed by atoms with E-state index in [1.54, 1.807) is 6.07 Å². The molecule has 1 atom stereocenters. The van der Waals surface area contributed by atoms with Gasteiger partial charge in [0.1, 0.15) is 0 Å². The zero-order chi connectivity index (χ0) is 16.2. The number of hydrogen-bond donors (Lipinski definition) is 2. The van der Waals surface area contributed by atoms with Gasteiger partial charge in [-0.2, -0.15) is 0 Å². The molecule has 1 amide bonds. The normalized spacial score (nSPS) is 17.7. The van der Waals surface area contributed by atoms with Gasteiger partial charge in [0.15, 0.2) is 0 Å². The number of benzene rings is 1. The molecule has 1 heterocycles. The smallest absolute Gasteiger partial charge is 0.220 e. The molecule has 1 unspecified atom stereocenters. The summed E-state index contributed by atoms with van der Waals surface area (Å²) in [6.45, 7) is 6.16. The molecular formula is C17H25Cl3N2O. The summed E-state index contributed by atoms with van der Waals surface area (Å²) in [5.74, 6) is 0.751. The van der Waals surface area contributed by atoms with Gasteiger partial charge in [-0.25, -0.2) is 0 Å². The maximum Gasteiger partial charge on any atom is 0.220 e. The Morgan fingerprint density at radius 1 is 1.39 bits per heavy atom. The summed E-state index contributed by atoms with van der Waals surface area (Å²) in [7, 11) is 0. The van der Waals surface area contributed by atoms with Crippen molar-refractivity contribution in [3.05, 3.63) is 33.8 Å². The molecule has 3 nitrogen and oxygen atoms in total. The number of nitrogens with one attached hydrogen (secondary N) is 2. The number of rotatable bonds is 6. The van der Waals surface area contributed by atoms with Gasteiger partial charge >= 0.3 is 0 Å². The van der Waals surface area contributed by atoms with Gasteiger partial charge in [0.2, 0.25) is 5.91 Å². The summed E-state index contributed by atoms with van der Waals surface area (Å²) in [4.78, 5) is 12.2. The van der Waals surface area contributed by atoms with Crippen LogP contribution in [0, 0.1) is 5.92 Å². The van der Waals surface area contributed by atoms with E-state index in [2.05, 4.69) is 10.6 Å². The van der Waals surface area contributed by atoms with E-state index in [9.17, 15) is 4.79 Å². The van der Waals surface area contributed by atoms with Gasteiger partial charge in [-0.05, 0) is 69.8 Å². The molecule has 0 aromatic heterocycles. The van der Waals surface area contributed by atoms with E-state index in [1.165, 1.54) is 6.42 Å². The standard InChI is InChI=1S/C17H24Cl2N2O.ClH/c1-17(2,10-13-4-5-14(18)9-15(13)19)21-16(22)6-3-12-7-8-20-11-12;/h4-5,9,12,20H,3,6-8,10-11H2,1-2H3,(H,21,22);1H. The van der Waals surface area contributed by atoms with Gasteiger partial charge in [0.25, 0.3) is 0 Å². The molecule has 1 aliphatic heterocycles. The average molecular weight is 380 g/mol. The summed E-state index contributed by atoms with van der Waals surface area (Å²) < 4.78 is 0. The molecule has 1 saturated heterocycles. The van der Waals surface area contributed by atoms with Crippen LogP contribution >= 0.6 is 35.6 Å². The molecule has 130 valence electrons. The average Bonchev–Trinajstić information content (AvgIpc) is 2.92. The monoisotopic (exact) mass is 378 g/mol. The van der Waals surface area contributed by atoms with E-state index in [-0.39, 0.29) is 23.9 Å². The SMILES string of the molecule is CC(C)(Cc1ccc(Cl)cc1Cl)NC(=O)CCC1CCNC1.Cl. The Bertz CT molecular complexity index is 529. The summed E-state index contributed by atoms with van der Waals surface area (Å²) in [5, 5.41) is 7.72. The third kappa shape index (κ3) is 6.88. The number of amides is 1. The highest BCUT2D eigenvalue weighted by Gasteiger charge is 2.23. The first kappa shape index (κ1) is 20.6. The lowest BCUT2D eigenvalue weighted by molar-refractivity contribution is -0.122. The van der Waals surface area contributed by atoms with E-state index in [0.29, 0.717) is 28.8 Å². The summed E-state index contributed by atoms with van der Waals surface area (Å²) in [6.07, 6.45) is 3.40. The fourth-order valence-corrected chi connectivity index (χ4v) is 3.40. The Morgan fingerprint density at radius 2 is 2.13 bits per heavy atom. The molecular weight excluding hydrogens is 355 g/mol. The van der Waals surface area contributed by atoms with Crippen LogP contribution in [0.2, 0.25) is 10.0 Å². The first-order valence-corrected chi connectivity index (χ1v) is 8.57. The molecule has 0 aliphatic carbocycles. The van der Waals surface area contributed by atoms with Gasteiger partial charge in [-0.3, -0.25) is 4.79 Å². The predicted molar refractivity (Wildman–Crippen MR) is 99.8 cm³/mol. The lowest BCUT2D eigenvalue weighted by atomic mass is 9.94. The zero-order valence-corrected chi connectivity index (χ0v) is 16.0. The van der Waals surface area contributed by atoms with E-state index in [0.717, 1.165) is 25.1 Å². The number of carbonyl (C=O) groups is 1. The molecule has 0 bridgehead atoms. The van der Waals surface area contributed by atoms with Crippen molar-refractivity contribution >= 4 is 41.5 Å². The van der Waals surface area contributed by atoms with Crippen LogP contribution in [0.5, 0.6) is 0 Å². The van der Waals surface area contributed by atoms with E-state index in [1.807, 2.05) is 26.0 Å². The van der Waals surface area contributed by atoms with E-state index >= 15 is 0 Å². The first-order chi connectivity index (χ1) is 10.4. The summed E-state index contributed by atoms with van der Waals surface area (Å²) >= 11 is 12.1. The first-order valence-electron chi connectivity index (χ1n) is 7.81. The Morgan fingerprint density at radius 3 is 2.74 bits per heavy atom. The Hall–Kier alpha value is -0.480. The van der Waals surface area contributed by atoms with Crippen LogP contribution in [0.4, 0.5) is 0 Å². The van der Waals surface area contributed by atoms with Crippen molar-refractivity contribution < 1.29 is 4.79 Å². The summed E-state index contributed by atoms with van der Waals surface area (Å²) in [6, 6.07) is 5.49. The van der Waals surface area contributed by atoms with Gasteiger partial charge in [0.05, 0.1) is 0 Å². The third-order valence-electron chi connectivity index (χ3n) is 4.07. The molecule has 1 aromatic rings. The number of carbonyl (C=O) groups excluding carboxylic acids is 1. The highest BCUT2D eigenvalue weighted by molar-refractivity contribution is 6.35. The minimum atomic E-state index is -0.331. The molecule has 0 saturated carbocycles. The van der Waals surface area contributed by atoms with E-state index < -0.39 is 0 Å². The van der Waals surface area contributed by atoms with Gasteiger partial charge in [-0.1, -0.05) is 29.3 Å². The predicted octanol–water partition coefficient (Wildman–Crippen LogP) is 4.24. The van der Waals surface area contributed by atoms with Crippen LogP contribution < -0.4 is 10.6 Å². The van der Waals surface area contributed by atoms with Crippen LogP contribution in [-0.4, -0.2) is 24.5 Å². The third-order valence-corrected chi connectivity index (χ3v) is 4.65. The molecule has 23 heavy (non-hydrogen) atoms. The highest BCUT2D eigenvalue weighted by atomic mass is 35.5. The second-order valence-corrected chi connectivity index (χ2v) is 7.59. The molecule has 2 N–H and O–H groups in total. The molecule has 0 radical (unpaired) electrons. The minimum Gasteiger partial charge on any atom is -0.351 e. The second kappa shape index (κ2) is 9.12. The Kier molecular flexibility index (Phi) is 8.15. The van der Waals surface area contributed by atoms with Crippen molar-refractivity contribution in [2.45, 2.75) is 45.1 Å². The van der Waals surface area contributed by atoms with Gasteiger partial charge < -0.3 is 10.6 Å². The van der Waals surface area contributed by atoms with Crippen LogP contribution in [-0.2, 0) is 11.2 Å². The minimum absolute atomic E-state index is 0. The van der Waals surface area contributed by atoms with Crippen molar-refractivity contribution in [2.75, 3.05) is 13.1 Å². The maximum atomic E-state index is 12.2. The highest BCUT2D eigenvalue weighted by Crippen LogP contribution is 2.25. The zero-order valence-electron chi connectivity index (χ0n) is 13.6. The van der Waals surface area contributed by atoms with Crippen molar-refractivity contribution in [3.63, 3.8) is 0 Å². The van der Waals surface area contributed by atoms with Crippen LogP contribution in [0.15, 0.2) is 18.2 Å².